The summed E-state index contributed by atoms with van der Waals surface area (Å²) in [7, 11) is 0. The predicted octanol–water partition coefficient (Wildman–Crippen LogP) is 2.28. The molecule has 0 heterocycles. The maximum atomic E-state index is 4.91. The Kier molecular flexibility index (Phi) is 6.26. The Morgan fingerprint density at radius 1 is 1.33 bits per heavy atom. The van der Waals surface area contributed by atoms with Crippen LogP contribution in [0, 0.1) is 0 Å². The zero-order valence-electron chi connectivity index (χ0n) is 5.71. The van der Waals surface area contributed by atoms with E-state index in [0.717, 1.165) is 6.61 Å². The molecule has 0 radical (unpaired) electrons. The van der Waals surface area contributed by atoms with Crippen LogP contribution < -0.4 is 0 Å². The van der Waals surface area contributed by atoms with Crippen LogP contribution in [0.2, 0.25) is 0 Å². The monoisotopic (exact) mass is 124 g/mol. The van der Waals surface area contributed by atoms with Crippen LogP contribution in [0.4, 0.5) is 0 Å². The third kappa shape index (κ3) is 7.02. The van der Waals surface area contributed by atoms with Gasteiger partial charge in [0, 0.05) is 0 Å². The van der Waals surface area contributed by atoms with Crippen LogP contribution in [-0.2, 0) is 4.74 Å². The van der Waals surface area contributed by atoms with Gasteiger partial charge >= 0.3 is 0 Å². The van der Waals surface area contributed by atoms with Gasteiger partial charge in [-0.25, -0.2) is 0 Å². The highest BCUT2D eigenvalue weighted by Gasteiger charge is 1.64. The van der Waals surface area contributed by atoms with Crippen molar-refractivity contribution in [3.8, 4) is 0 Å². The lowest BCUT2D eigenvalue weighted by atomic mass is 10.5. The van der Waals surface area contributed by atoms with E-state index in [2.05, 4.69) is 6.58 Å². The van der Waals surface area contributed by atoms with Crippen molar-refractivity contribution in [3.05, 3.63) is 37.1 Å². The van der Waals surface area contributed by atoms with Crippen molar-refractivity contribution >= 4 is 0 Å². The molecule has 0 rings (SSSR count). The molecular weight excluding hydrogens is 112 g/mol. The third-order valence-corrected chi connectivity index (χ3v) is 0.700. The van der Waals surface area contributed by atoms with Gasteiger partial charge in [-0.2, -0.15) is 0 Å². The molecule has 0 amide bonds. The van der Waals surface area contributed by atoms with Gasteiger partial charge in [-0.05, 0) is 13.0 Å². The fourth-order valence-electron chi connectivity index (χ4n) is 0.340. The Balaban J connectivity index is 3.23. The summed E-state index contributed by atoms with van der Waals surface area (Å²) in [5, 5.41) is 0. The molecule has 0 saturated carbocycles. The van der Waals surface area contributed by atoms with Crippen molar-refractivity contribution in [3.63, 3.8) is 0 Å². The van der Waals surface area contributed by atoms with Gasteiger partial charge in [0.2, 0.25) is 0 Å². The zero-order valence-corrected chi connectivity index (χ0v) is 5.71. The van der Waals surface area contributed by atoms with Crippen LogP contribution in [-0.4, -0.2) is 6.61 Å². The number of ether oxygens (including phenoxy) is 1. The normalized spacial score (nSPS) is 10.8. The lowest BCUT2D eigenvalue weighted by molar-refractivity contribution is 0.269. The second-order valence-corrected chi connectivity index (χ2v) is 1.40. The Morgan fingerprint density at radius 2 is 2.11 bits per heavy atom. The molecule has 0 N–H and O–H groups in total. The van der Waals surface area contributed by atoms with Gasteiger partial charge in [0.25, 0.3) is 0 Å². The highest BCUT2D eigenvalue weighted by atomic mass is 16.5. The Morgan fingerprint density at radius 3 is 2.67 bits per heavy atom. The molecule has 0 aromatic rings. The summed E-state index contributed by atoms with van der Waals surface area (Å²) in [5.74, 6) is 0. The molecule has 0 aromatic heterocycles. The largest absolute Gasteiger partial charge is 0.501 e. The molecule has 50 valence electrons. The van der Waals surface area contributed by atoms with Crippen molar-refractivity contribution in [2.75, 3.05) is 6.61 Å². The van der Waals surface area contributed by atoms with Gasteiger partial charge in [-0.3, -0.25) is 0 Å². The molecule has 0 atom stereocenters. The van der Waals surface area contributed by atoms with E-state index in [9.17, 15) is 0 Å². The lowest BCUT2D eigenvalue weighted by Gasteiger charge is -1.87. The van der Waals surface area contributed by atoms with Gasteiger partial charge in [-0.15, -0.1) is 0 Å². The summed E-state index contributed by atoms with van der Waals surface area (Å²) in [4.78, 5) is 0. The first-order valence-electron chi connectivity index (χ1n) is 2.97. The molecule has 0 saturated heterocycles. The third-order valence-electron chi connectivity index (χ3n) is 0.700. The molecule has 0 fully saturated rings. The summed E-state index contributed by atoms with van der Waals surface area (Å²) in [5.41, 5.74) is 0. The molecule has 9 heavy (non-hydrogen) atoms. The first kappa shape index (κ1) is 8.02. The molecule has 0 unspecified atom stereocenters. The van der Waals surface area contributed by atoms with Crippen molar-refractivity contribution in [2.45, 2.75) is 6.92 Å². The van der Waals surface area contributed by atoms with Gasteiger partial charge in [0.15, 0.2) is 0 Å². The molecular formula is C8H12O. The SMILES string of the molecule is C=C/C=C/C=C/OCC. The second-order valence-electron chi connectivity index (χ2n) is 1.40. The molecule has 0 aliphatic heterocycles. The van der Waals surface area contributed by atoms with E-state index in [4.69, 9.17) is 4.74 Å². The van der Waals surface area contributed by atoms with Crippen LogP contribution in [0.1, 0.15) is 6.92 Å². The molecule has 0 spiro atoms. The summed E-state index contributed by atoms with van der Waals surface area (Å²) in [6.07, 6.45) is 8.90. The second kappa shape index (κ2) is 7.02. The van der Waals surface area contributed by atoms with E-state index in [-0.39, 0.29) is 0 Å². The lowest BCUT2D eigenvalue weighted by Crippen LogP contribution is -1.74. The minimum atomic E-state index is 0.721. The minimum absolute atomic E-state index is 0.721. The van der Waals surface area contributed by atoms with Crippen LogP contribution in [0.3, 0.4) is 0 Å². The number of allylic oxidation sites excluding steroid dienone is 4. The average Bonchev–Trinajstić information content (AvgIpc) is 1.89. The van der Waals surface area contributed by atoms with E-state index in [1.54, 1.807) is 12.3 Å². The fourth-order valence-corrected chi connectivity index (χ4v) is 0.340. The molecule has 0 aliphatic carbocycles. The first-order valence-corrected chi connectivity index (χ1v) is 2.97. The molecule has 0 aliphatic rings. The van der Waals surface area contributed by atoms with Gasteiger partial charge in [-0.1, -0.05) is 24.8 Å². The zero-order chi connectivity index (χ0) is 6.95. The molecule has 0 bridgehead atoms. The van der Waals surface area contributed by atoms with Gasteiger partial charge < -0.3 is 4.74 Å². The van der Waals surface area contributed by atoms with E-state index < -0.39 is 0 Å². The molecule has 1 nitrogen and oxygen atoms in total. The van der Waals surface area contributed by atoms with Crippen molar-refractivity contribution in [1.82, 2.24) is 0 Å². The summed E-state index contributed by atoms with van der Waals surface area (Å²) < 4.78 is 4.91. The van der Waals surface area contributed by atoms with Crippen LogP contribution >= 0.6 is 0 Å². The number of rotatable bonds is 4. The van der Waals surface area contributed by atoms with Crippen molar-refractivity contribution in [1.29, 1.82) is 0 Å². The quantitative estimate of drug-likeness (QED) is 0.412. The van der Waals surface area contributed by atoms with E-state index in [0.29, 0.717) is 0 Å². The van der Waals surface area contributed by atoms with Crippen LogP contribution in [0.15, 0.2) is 37.1 Å². The van der Waals surface area contributed by atoms with Gasteiger partial charge in [0.1, 0.15) is 0 Å². The summed E-state index contributed by atoms with van der Waals surface area (Å²) >= 11 is 0. The maximum absolute atomic E-state index is 4.91. The highest BCUT2D eigenvalue weighted by molar-refractivity contribution is 5.07. The van der Waals surface area contributed by atoms with E-state index >= 15 is 0 Å². The molecule has 1 heteroatoms. The summed E-state index contributed by atoms with van der Waals surface area (Å²) in [6.45, 7) is 6.18. The minimum Gasteiger partial charge on any atom is -0.501 e. The van der Waals surface area contributed by atoms with Crippen LogP contribution in [0.25, 0.3) is 0 Å². The van der Waals surface area contributed by atoms with Crippen molar-refractivity contribution < 1.29 is 4.74 Å². The average molecular weight is 124 g/mol. The highest BCUT2D eigenvalue weighted by Crippen LogP contribution is 1.79. The Labute approximate surface area is 56.3 Å². The van der Waals surface area contributed by atoms with E-state index in [1.807, 2.05) is 25.2 Å². The predicted molar refractivity (Wildman–Crippen MR) is 40.1 cm³/mol. The Hall–Kier alpha value is -0.980. The Bertz CT molecular complexity index is 112. The number of hydrogen-bond donors (Lipinski definition) is 0. The fraction of sp³-hybridized carbons (Fsp3) is 0.250. The maximum Gasteiger partial charge on any atom is 0.0845 e. The smallest absolute Gasteiger partial charge is 0.0845 e. The number of hydrogen-bond acceptors (Lipinski definition) is 1. The van der Waals surface area contributed by atoms with Crippen LogP contribution in [0.5, 0.6) is 0 Å². The van der Waals surface area contributed by atoms with Crippen molar-refractivity contribution in [2.24, 2.45) is 0 Å². The first-order chi connectivity index (χ1) is 4.41. The molecule has 0 aromatic carbocycles. The topological polar surface area (TPSA) is 9.23 Å². The van der Waals surface area contributed by atoms with E-state index in [1.165, 1.54) is 0 Å². The van der Waals surface area contributed by atoms with Gasteiger partial charge in [0.05, 0.1) is 12.9 Å². The standard InChI is InChI=1S/C8H12O/c1-3-5-6-7-8-9-4-2/h3,5-8H,1,4H2,2H3/b6-5+,8-7+. The summed E-state index contributed by atoms with van der Waals surface area (Å²) in [6, 6.07) is 0.